The largest absolute Gasteiger partial charge is 0.550 e. The molecular formula is C7H11O3. The summed E-state index contributed by atoms with van der Waals surface area (Å²) >= 11 is 0. The molecule has 0 aliphatic carbocycles. The van der Waals surface area contributed by atoms with Gasteiger partial charge in [0.2, 0.25) is 0 Å². The molecule has 3 heteroatoms. The van der Waals surface area contributed by atoms with Crippen LogP contribution in [0.1, 0.15) is 13.3 Å². The van der Waals surface area contributed by atoms with E-state index in [4.69, 9.17) is 0 Å². The van der Waals surface area contributed by atoms with Crippen LogP contribution in [0.25, 0.3) is 0 Å². The van der Waals surface area contributed by atoms with E-state index in [0.29, 0.717) is 0 Å². The second-order valence-electron chi connectivity index (χ2n) is 1.97. The van der Waals surface area contributed by atoms with Crippen LogP contribution >= 0.6 is 0 Å². The zero-order chi connectivity index (χ0) is 7.98. The van der Waals surface area contributed by atoms with Crippen molar-refractivity contribution in [2.75, 3.05) is 6.61 Å². The van der Waals surface area contributed by atoms with Crippen molar-refractivity contribution in [2.45, 2.75) is 13.3 Å². The molecule has 0 aromatic rings. The van der Waals surface area contributed by atoms with Crippen LogP contribution in [0.4, 0.5) is 4.79 Å². The van der Waals surface area contributed by atoms with Gasteiger partial charge < -0.3 is 4.74 Å². The SMILES string of the molecule is C=CC(CC)COC([O])=O. The first-order chi connectivity index (χ1) is 4.70. The molecule has 0 saturated carbocycles. The van der Waals surface area contributed by atoms with E-state index in [1.807, 2.05) is 6.92 Å². The molecule has 0 aromatic carbocycles. The molecule has 0 aliphatic heterocycles. The van der Waals surface area contributed by atoms with Gasteiger partial charge in [-0.2, -0.15) is 9.90 Å². The van der Waals surface area contributed by atoms with Gasteiger partial charge in [-0.05, 0) is 6.42 Å². The van der Waals surface area contributed by atoms with Gasteiger partial charge in [-0.3, -0.25) is 0 Å². The molecule has 57 valence electrons. The average Bonchev–Trinajstić information content (AvgIpc) is 1.90. The first kappa shape index (κ1) is 9.01. The summed E-state index contributed by atoms with van der Waals surface area (Å²) in [5, 5.41) is 9.77. The molecule has 0 aromatic heterocycles. The van der Waals surface area contributed by atoms with Crippen LogP contribution in [0.3, 0.4) is 0 Å². The quantitative estimate of drug-likeness (QED) is 0.444. The topological polar surface area (TPSA) is 46.2 Å². The Bertz CT molecular complexity index is 120. The monoisotopic (exact) mass is 143 g/mol. The Kier molecular flexibility index (Phi) is 4.37. The smallest absolute Gasteiger partial charge is 0.431 e. The summed E-state index contributed by atoms with van der Waals surface area (Å²) in [6.07, 6.45) is 1.03. The van der Waals surface area contributed by atoms with Crippen molar-refractivity contribution in [1.29, 1.82) is 0 Å². The minimum Gasteiger partial charge on any atom is -0.431 e. The normalized spacial score (nSPS) is 12.1. The Labute approximate surface area is 60.3 Å². The minimum atomic E-state index is -1.47. The van der Waals surface area contributed by atoms with E-state index in [2.05, 4.69) is 11.3 Å². The molecule has 0 N–H and O–H groups in total. The Hall–Kier alpha value is -0.990. The van der Waals surface area contributed by atoms with Gasteiger partial charge in [0.25, 0.3) is 0 Å². The van der Waals surface area contributed by atoms with Gasteiger partial charge >= 0.3 is 6.16 Å². The molecule has 1 atom stereocenters. The van der Waals surface area contributed by atoms with Gasteiger partial charge in [-0.15, -0.1) is 6.58 Å². The van der Waals surface area contributed by atoms with E-state index < -0.39 is 6.16 Å². The van der Waals surface area contributed by atoms with Crippen LogP contribution in [-0.2, 0) is 9.84 Å². The predicted octanol–water partition coefficient (Wildman–Crippen LogP) is 1.77. The maximum Gasteiger partial charge on any atom is 0.550 e. The summed E-state index contributed by atoms with van der Waals surface area (Å²) in [6, 6.07) is 0. The lowest BCUT2D eigenvalue weighted by molar-refractivity contribution is 0.0597. The third kappa shape index (κ3) is 3.95. The fraction of sp³-hybridized carbons (Fsp3) is 0.571. The summed E-state index contributed by atoms with van der Waals surface area (Å²) in [5.41, 5.74) is 0. The fourth-order valence-corrected chi connectivity index (χ4v) is 0.528. The van der Waals surface area contributed by atoms with Crippen LogP contribution < -0.4 is 0 Å². The van der Waals surface area contributed by atoms with Crippen LogP contribution in [0.15, 0.2) is 12.7 Å². The van der Waals surface area contributed by atoms with Crippen molar-refractivity contribution in [1.82, 2.24) is 0 Å². The van der Waals surface area contributed by atoms with Crippen LogP contribution in [0.2, 0.25) is 0 Å². The summed E-state index contributed by atoms with van der Waals surface area (Å²) in [6.45, 7) is 5.61. The van der Waals surface area contributed by atoms with Gasteiger partial charge in [0.1, 0.15) is 6.61 Å². The molecule has 0 rings (SSSR count). The van der Waals surface area contributed by atoms with Crippen molar-refractivity contribution in [3.8, 4) is 0 Å². The third-order valence-electron chi connectivity index (χ3n) is 1.27. The second-order valence-corrected chi connectivity index (χ2v) is 1.97. The number of rotatable bonds is 4. The average molecular weight is 143 g/mol. The molecule has 1 unspecified atom stereocenters. The molecule has 0 saturated heterocycles. The molecule has 3 nitrogen and oxygen atoms in total. The lowest BCUT2D eigenvalue weighted by atomic mass is 10.1. The van der Waals surface area contributed by atoms with Gasteiger partial charge in [0, 0.05) is 5.92 Å². The zero-order valence-corrected chi connectivity index (χ0v) is 6.00. The fourth-order valence-electron chi connectivity index (χ4n) is 0.528. The lowest BCUT2D eigenvalue weighted by Crippen LogP contribution is -2.08. The molecular weight excluding hydrogens is 132 g/mol. The highest BCUT2D eigenvalue weighted by molar-refractivity contribution is 5.56. The molecule has 1 radical (unpaired) electrons. The first-order valence-electron chi connectivity index (χ1n) is 3.17. The second kappa shape index (κ2) is 4.85. The Balaban J connectivity index is 3.44. The van der Waals surface area contributed by atoms with Gasteiger partial charge in [0.15, 0.2) is 0 Å². The Morgan fingerprint density at radius 3 is 2.70 bits per heavy atom. The number of carbonyl (C=O) groups excluding carboxylic acids is 1. The van der Waals surface area contributed by atoms with Gasteiger partial charge in [0.05, 0.1) is 0 Å². The van der Waals surface area contributed by atoms with Crippen molar-refractivity contribution < 1.29 is 14.6 Å². The third-order valence-corrected chi connectivity index (χ3v) is 1.27. The maximum atomic E-state index is 9.77. The lowest BCUT2D eigenvalue weighted by Gasteiger charge is -2.05. The van der Waals surface area contributed by atoms with Crippen LogP contribution in [0, 0.1) is 5.92 Å². The highest BCUT2D eigenvalue weighted by atomic mass is 16.7. The molecule has 0 heterocycles. The Morgan fingerprint density at radius 1 is 1.80 bits per heavy atom. The number of carbonyl (C=O) groups is 1. The summed E-state index contributed by atoms with van der Waals surface area (Å²) in [5.74, 6) is 0.109. The zero-order valence-electron chi connectivity index (χ0n) is 6.00. The number of ether oxygens (including phenoxy) is 1. The van der Waals surface area contributed by atoms with Crippen molar-refractivity contribution >= 4 is 6.16 Å². The highest BCUT2D eigenvalue weighted by Gasteiger charge is 2.04. The molecule has 0 fully saturated rings. The molecule has 0 aliphatic rings. The summed E-state index contributed by atoms with van der Waals surface area (Å²) in [4.78, 5) is 9.77. The van der Waals surface area contributed by atoms with Gasteiger partial charge in [-0.25, -0.2) is 0 Å². The molecule has 10 heavy (non-hydrogen) atoms. The van der Waals surface area contributed by atoms with E-state index >= 15 is 0 Å². The van der Waals surface area contributed by atoms with Crippen LogP contribution in [0.5, 0.6) is 0 Å². The predicted molar refractivity (Wildman–Crippen MR) is 36.0 cm³/mol. The first-order valence-corrected chi connectivity index (χ1v) is 3.17. The molecule has 0 spiro atoms. The van der Waals surface area contributed by atoms with E-state index in [1.165, 1.54) is 0 Å². The van der Waals surface area contributed by atoms with E-state index in [9.17, 15) is 9.90 Å². The van der Waals surface area contributed by atoms with Crippen LogP contribution in [-0.4, -0.2) is 12.8 Å². The van der Waals surface area contributed by atoms with E-state index in [-0.39, 0.29) is 12.5 Å². The van der Waals surface area contributed by atoms with Gasteiger partial charge in [-0.1, -0.05) is 13.0 Å². The Morgan fingerprint density at radius 2 is 2.40 bits per heavy atom. The summed E-state index contributed by atoms with van der Waals surface area (Å²) in [7, 11) is 0. The molecule has 0 amide bonds. The number of hydrogen-bond acceptors (Lipinski definition) is 2. The minimum absolute atomic E-state index is 0.109. The maximum absolute atomic E-state index is 9.77. The number of hydrogen-bond donors (Lipinski definition) is 0. The summed E-state index contributed by atoms with van der Waals surface area (Å²) < 4.78 is 4.22. The van der Waals surface area contributed by atoms with Crippen molar-refractivity contribution in [2.24, 2.45) is 5.92 Å². The molecule has 0 bridgehead atoms. The van der Waals surface area contributed by atoms with Crippen molar-refractivity contribution in [3.05, 3.63) is 12.7 Å². The van der Waals surface area contributed by atoms with Crippen molar-refractivity contribution in [3.63, 3.8) is 0 Å². The van der Waals surface area contributed by atoms with E-state index in [0.717, 1.165) is 6.42 Å². The van der Waals surface area contributed by atoms with E-state index in [1.54, 1.807) is 6.08 Å². The standard InChI is InChI=1S/C7H11O3/c1-3-6(4-2)5-10-7(8)9/h3,6H,1,4-5H2,2H3. The highest BCUT2D eigenvalue weighted by Crippen LogP contribution is 2.03.